The maximum absolute atomic E-state index is 12.9. The topological polar surface area (TPSA) is 42.2 Å². The lowest BCUT2D eigenvalue weighted by atomic mass is 10.2. The summed E-state index contributed by atoms with van der Waals surface area (Å²) in [6.45, 7) is 4.24. The van der Waals surface area contributed by atoms with Crippen molar-refractivity contribution in [2.24, 2.45) is 5.92 Å². The summed E-state index contributed by atoms with van der Waals surface area (Å²) >= 11 is 0. The predicted molar refractivity (Wildman–Crippen MR) is 72.3 cm³/mol. The molecule has 0 saturated heterocycles. The third kappa shape index (κ3) is 3.63. The minimum atomic E-state index is -0.199. The molecule has 2 aromatic rings. The molecule has 0 atom stereocenters. The lowest BCUT2D eigenvalue weighted by Gasteiger charge is -2.20. The van der Waals surface area contributed by atoms with Crippen LogP contribution in [0.25, 0.3) is 0 Å². The van der Waals surface area contributed by atoms with E-state index in [1.165, 1.54) is 25.0 Å². The maximum Gasteiger partial charge on any atom is 0.230 e. The minimum absolute atomic E-state index is 0.199. The summed E-state index contributed by atoms with van der Waals surface area (Å²) < 4.78 is 18.4. The third-order valence-corrected chi connectivity index (χ3v) is 3.46. The molecule has 0 amide bonds. The number of aromatic nitrogens is 2. The maximum atomic E-state index is 12.9. The number of rotatable bonds is 6. The molecule has 0 aliphatic heterocycles. The first kappa shape index (κ1) is 13.2. The monoisotopic (exact) mass is 275 g/mol. The van der Waals surface area contributed by atoms with Crippen molar-refractivity contribution in [3.8, 4) is 0 Å². The van der Waals surface area contributed by atoms with Gasteiger partial charge >= 0.3 is 0 Å². The van der Waals surface area contributed by atoms with E-state index in [4.69, 9.17) is 4.42 Å². The van der Waals surface area contributed by atoms with E-state index in [9.17, 15) is 4.39 Å². The van der Waals surface area contributed by atoms with Crippen molar-refractivity contribution in [1.82, 2.24) is 15.1 Å². The number of hydrogen-bond donors (Lipinski definition) is 0. The molecule has 1 aromatic heterocycles. The molecule has 0 unspecified atom stereocenters. The van der Waals surface area contributed by atoms with Gasteiger partial charge in [0.2, 0.25) is 11.8 Å². The largest absolute Gasteiger partial charge is 0.424 e. The second-order valence-corrected chi connectivity index (χ2v) is 5.45. The highest BCUT2D eigenvalue weighted by molar-refractivity contribution is 5.16. The van der Waals surface area contributed by atoms with Gasteiger partial charge in [-0.25, -0.2) is 4.39 Å². The zero-order valence-corrected chi connectivity index (χ0v) is 11.6. The van der Waals surface area contributed by atoms with Gasteiger partial charge in [-0.1, -0.05) is 12.1 Å². The van der Waals surface area contributed by atoms with Gasteiger partial charge in [-0.15, -0.1) is 10.2 Å². The Hall–Kier alpha value is -1.75. The molecule has 106 valence electrons. The molecule has 20 heavy (non-hydrogen) atoms. The first-order valence-electron chi connectivity index (χ1n) is 6.95. The van der Waals surface area contributed by atoms with Gasteiger partial charge in [0.1, 0.15) is 5.82 Å². The van der Waals surface area contributed by atoms with E-state index in [0.717, 1.165) is 24.6 Å². The molecule has 0 bridgehead atoms. The molecular weight excluding hydrogens is 257 g/mol. The van der Waals surface area contributed by atoms with Crippen LogP contribution in [0, 0.1) is 18.7 Å². The van der Waals surface area contributed by atoms with E-state index in [0.29, 0.717) is 18.3 Å². The van der Waals surface area contributed by atoms with Crippen LogP contribution in [0.3, 0.4) is 0 Å². The Morgan fingerprint density at radius 1 is 1.20 bits per heavy atom. The number of nitrogens with zero attached hydrogens (tertiary/aromatic N) is 3. The molecule has 5 heteroatoms. The summed E-state index contributed by atoms with van der Waals surface area (Å²) in [5.41, 5.74) is 1.10. The van der Waals surface area contributed by atoms with Crippen LogP contribution in [0.4, 0.5) is 4.39 Å². The van der Waals surface area contributed by atoms with Crippen LogP contribution in [0.2, 0.25) is 0 Å². The Morgan fingerprint density at radius 2 is 1.95 bits per heavy atom. The van der Waals surface area contributed by atoms with Crippen molar-refractivity contribution >= 4 is 0 Å². The van der Waals surface area contributed by atoms with E-state index in [1.807, 2.05) is 12.1 Å². The highest BCUT2D eigenvalue weighted by atomic mass is 19.1. The summed E-state index contributed by atoms with van der Waals surface area (Å²) in [5, 5.41) is 7.91. The van der Waals surface area contributed by atoms with Gasteiger partial charge in [0.15, 0.2) is 0 Å². The second kappa shape index (κ2) is 5.71. The molecule has 1 heterocycles. The van der Waals surface area contributed by atoms with Crippen LogP contribution in [0.1, 0.15) is 30.2 Å². The molecule has 1 fully saturated rings. The van der Waals surface area contributed by atoms with Gasteiger partial charge < -0.3 is 4.42 Å². The van der Waals surface area contributed by atoms with E-state index >= 15 is 0 Å². The summed E-state index contributed by atoms with van der Waals surface area (Å²) in [6.07, 6.45) is 2.59. The summed E-state index contributed by atoms with van der Waals surface area (Å²) in [5.74, 6) is 1.81. The molecular formula is C15H18FN3O. The second-order valence-electron chi connectivity index (χ2n) is 5.45. The van der Waals surface area contributed by atoms with Gasteiger partial charge in [0.05, 0.1) is 6.54 Å². The molecule has 1 saturated carbocycles. The molecule has 3 rings (SSSR count). The zero-order valence-electron chi connectivity index (χ0n) is 11.6. The Bertz CT molecular complexity index is 563. The molecule has 1 aliphatic rings. The molecule has 0 radical (unpaired) electrons. The Kier molecular flexibility index (Phi) is 3.78. The standard InChI is InChI=1S/C15H18FN3O/c1-11-17-18-15(20-11)10-19(8-12-2-3-12)9-13-4-6-14(16)7-5-13/h4-7,12H,2-3,8-10H2,1H3. The van der Waals surface area contributed by atoms with Crippen molar-refractivity contribution < 1.29 is 8.81 Å². The van der Waals surface area contributed by atoms with Crippen molar-refractivity contribution in [2.75, 3.05) is 6.54 Å². The van der Waals surface area contributed by atoms with Crippen LogP contribution in [0.5, 0.6) is 0 Å². The predicted octanol–water partition coefficient (Wildman–Crippen LogP) is 2.93. The van der Waals surface area contributed by atoms with Crippen LogP contribution in [-0.4, -0.2) is 21.6 Å². The number of hydrogen-bond acceptors (Lipinski definition) is 4. The van der Waals surface area contributed by atoms with Gasteiger partial charge in [-0.2, -0.15) is 0 Å². The molecule has 1 aromatic carbocycles. The van der Waals surface area contributed by atoms with Gasteiger partial charge in [-0.05, 0) is 36.5 Å². The fourth-order valence-corrected chi connectivity index (χ4v) is 2.29. The van der Waals surface area contributed by atoms with Gasteiger partial charge in [0, 0.05) is 20.0 Å². The van der Waals surface area contributed by atoms with Crippen molar-refractivity contribution in [3.63, 3.8) is 0 Å². The van der Waals surface area contributed by atoms with E-state index in [1.54, 1.807) is 6.92 Å². The highest BCUT2D eigenvalue weighted by Gasteiger charge is 2.25. The van der Waals surface area contributed by atoms with Crippen LogP contribution < -0.4 is 0 Å². The number of aryl methyl sites for hydroxylation is 1. The van der Waals surface area contributed by atoms with Crippen molar-refractivity contribution in [2.45, 2.75) is 32.9 Å². The van der Waals surface area contributed by atoms with Gasteiger partial charge in [-0.3, -0.25) is 4.90 Å². The number of halogens is 1. The average molecular weight is 275 g/mol. The van der Waals surface area contributed by atoms with Crippen molar-refractivity contribution in [1.29, 1.82) is 0 Å². The van der Waals surface area contributed by atoms with Crippen LogP contribution in [-0.2, 0) is 13.1 Å². The summed E-state index contributed by atoms with van der Waals surface area (Å²) in [4.78, 5) is 2.29. The quantitative estimate of drug-likeness (QED) is 0.813. The van der Waals surface area contributed by atoms with Crippen LogP contribution in [0.15, 0.2) is 28.7 Å². The third-order valence-electron chi connectivity index (χ3n) is 3.46. The first-order chi connectivity index (χ1) is 9.69. The van der Waals surface area contributed by atoms with Crippen LogP contribution >= 0.6 is 0 Å². The first-order valence-corrected chi connectivity index (χ1v) is 6.95. The highest BCUT2D eigenvalue weighted by Crippen LogP contribution is 2.30. The average Bonchev–Trinajstić information content (AvgIpc) is 3.14. The Morgan fingerprint density at radius 3 is 2.55 bits per heavy atom. The van der Waals surface area contributed by atoms with Gasteiger partial charge in [0.25, 0.3) is 0 Å². The zero-order chi connectivity index (χ0) is 13.9. The fourth-order valence-electron chi connectivity index (χ4n) is 2.29. The lowest BCUT2D eigenvalue weighted by Crippen LogP contribution is -2.25. The molecule has 0 N–H and O–H groups in total. The normalized spacial score (nSPS) is 14.9. The lowest BCUT2D eigenvalue weighted by molar-refractivity contribution is 0.220. The summed E-state index contributed by atoms with van der Waals surface area (Å²) in [7, 11) is 0. The molecule has 1 aliphatic carbocycles. The molecule has 0 spiro atoms. The van der Waals surface area contributed by atoms with E-state index < -0.39 is 0 Å². The summed E-state index contributed by atoms with van der Waals surface area (Å²) in [6, 6.07) is 6.66. The fraction of sp³-hybridized carbons (Fsp3) is 0.467. The van der Waals surface area contributed by atoms with E-state index in [-0.39, 0.29) is 5.82 Å². The number of benzene rings is 1. The Labute approximate surface area is 117 Å². The Balaban J connectivity index is 1.66. The smallest absolute Gasteiger partial charge is 0.230 e. The van der Waals surface area contributed by atoms with Crippen molar-refractivity contribution in [3.05, 3.63) is 47.4 Å². The molecule has 4 nitrogen and oxygen atoms in total. The minimum Gasteiger partial charge on any atom is -0.424 e. The SMILES string of the molecule is Cc1nnc(CN(Cc2ccc(F)cc2)CC2CC2)o1. The van der Waals surface area contributed by atoms with E-state index in [2.05, 4.69) is 15.1 Å².